The summed E-state index contributed by atoms with van der Waals surface area (Å²) in [6.07, 6.45) is 2.18. The summed E-state index contributed by atoms with van der Waals surface area (Å²) in [6.45, 7) is 7.69. The van der Waals surface area contributed by atoms with Crippen LogP contribution in [0.4, 0.5) is 15.8 Å². The molecule has 0 aromatic heterocycles. The minimum atomic E-state index is -0.538. The number of hydrogen-bond acceptors (Lipinski definition) is 4. The molecule has 0 unspecified atom stereocenters. The van der Waals surface area contributed by atoms with E-state index in [0.29, 0.717) is 23.7 Å². The zero-order chi connectivity index (χ0) is 15.4. The average Bonchev–Trinajstić information content (AvgIpc) is 2.48. The van der Waals surface area contributed by atoms with E-state index in [4.69, 9.17) is 0 Å². The van der Waals surface area contributed by atoms with Gasteiger partial charge in [0.25, 0.3) is 5.69 Å². The number of rotatable bonds is 5. The first-order valence-electron chi connectivity index (χ1n) is 7.42. The van der Waals surface area contributed by atoms with Crippen molar-refractivity contribution in [2.45, 2.75) is 26.7 Å². The van der Waals surface area contributed by atoms with Crippen LogP contribution < -0.4 is 5.32 Å². The second kappa shape index (κ2) is 6.85. The van der Waals surface area contributed by atoms with Gasteiger partial charge in [0.15, 0.2) is 0 Å². The lowest BCUT2D eigenvalue weighted by molar-refractivity contribution is -0.384. The van der Waals surface area contributed by atoms with Crippen molar-refractivity contribution in [3.8, 4) is 0 Å². The molecule has 1 saturated heterocycles. The number of piperidine rings is 1. The van der Waals surface area contributed by atoms with Crippen molar-refractivity contribution in [3.05, 3.63) is 33.6 Å². The van der Waals surface area contributed by atoms with Crippen LogP contribution in [0, 0.1) is 28.8 Å². The largest absolute Gasteiger partial charge is 0.379 e. The van der Waals surface area contributed by atoms with Crippen molar-refractivity contribution in [1.29, 1.82) is 0 Å². The molecule has 0 spiro atoms. The van der Waals surface area contributed by atoms with E-state index in [-0.39, 0.29) is 5.69 Å². The van der Waals surface area contributed by atoms with E-state index < -0.39 is 10.7 Å². The zero-order valence-electron chi connectivity index (χ0n) is 12.6. The summed E-state index contributed by atoms with van der Waals surface area (Å²) >= 11 is 0. The lowest BCUT2D eigenvalue weighted by Gasteiger charge is -2.31. The van der Waals surface area contributed by atoms with Gasteiger partial charge in [0.1, 0.15) is 11.5 Å². The van der Waals surface area contributed by atoms with E-state index in [1.54, 1.807) is 6.92 Å². The quantitative estimate of drug-likeness (QED) is 0.669. The monoisotopic (exact) mass is 295 g/mol. The average molecular weight is 295 g/mol. The maximum Gasteiger partial charge on any atom is 0.295 e. The first kappa shape index (κ1) is 15.7. The summed E-state index contributed by atoms with van der Waals surface area (Å²) in [7, 11) is 0. The summed E-state index contributed by atoms with van der Waals surface area (Å²) in [4.78, 5) is 12.9. The highest BCUT2D eigenvalue weighted by molar-refractivity contribution is 5.63. The molecule has 2 rings (SSSR count). The molecule has 5 nitrogen and oxygen atoms in total. The molecule has 0 saturated carbocycles. The highest BCUT2D eigenvalue weighted by atomic mass is 19.1. The topological polar surface area (TPSA) is 58.4 Å². The van der Waals surface area contributed by atoms with Gasteiger partial charge in [-0.15, -0.1) is 0 Å². The van der Waals surface area contributed by atoms with Crippen LogP contribution in [0.5, 0.6) is 0 Å². The second-order valence-corrected chi connectivity index (χ2v) is 5.63. The molecule has 116 valence electrons. The molecule has 1 N–H and O–H groups in total. The maximum atomic E-state index is 13.5. The van der Waals surface area contributed by atoms with Crippen molar-refractivity contribution in [2.75, 3.05) is 31.5 Å². The molecule has 1 aromatic rings. The number of anilines is 1. The normalized spacial score (nSPS) is 16.9. The second-order valence-electron chi connectivity index (χ2n) is 5.63. The smallest absolute Gasteiger partial charge is 0.295 e. The maximum absolute atomic E-state index is 13.5. The number of aryl methyl sites for hydroxylation is 1. The summed E-state index contributed by atoms with van der Waals surface area (Å²) in [5, 5.41) is 14.1. The van der Waals surface area contributed by atoms with E-state index >= 15 is 0 Å². The number of nitro groups is 1. The predicted octanol–water partition coefficient (Wildman–Crippen LogP) is 3.19. The molecule has 1 aromatic carbocycles. The van der Waals surface area contributed by atoms with Crippen molar-refractivity contribution < 1.29 is 9.31 Å². The summed E-state index contributed by atoms with van der Waals surface area (Å²) in [6, 6.07) is 2.52. The molecule has 0 aliphatic carbocycles. The molecule has 0 bridgehead atoms. The van der Waals surface area contributed by atoms with Gasteiger partial charge in [0, 0.05) is 6.54 Å². The van der Waals surface area contributed by atoms with Gasteiger partial charge in [-0.05, 0) is 56.9 Å². The van der Waals surface area contributed by atoms with Crippen LogP contribution in [-0.2, 0) is 0 Å². The Morgan fingerprint density at radius 3 is 2.67 bits per heavy atom. The third kappa shape index (κ3) is 3.91. The molecular weight excluding hydrogens is 273 g/mol. The fourth-order valence-corrected chi connectivity index (χ4v) is 2.72. The molecule has 1 aliphatic heterocycles. The minimum absolute atomic E-state index is 0.191. The van der Waals surface area contributed by atoms with Crippen LogP contribution >= 0.6 is 0 Å². The van der Waals surface area contributed by atoms with Crippen molar-refractivity contribution in [2.24, 2.45) is 5.92 Å². The lowest BCUT2D eigenvalue weighted by Crippen LogP contribution is -2.35. The van der Waals surface area contributed by atoms with Gasteiger partial charge in [0.2, 0.25) is 0 Å². The molecule has 1 heterocycles. The van der Waals surface area contributed by atoms with Crippen LogP contribution in [0.1, 0.15) is 25.3 Å². The summed E-state index contributed by atoms with van der Waals surface area (Å²) in [5.74, 6) is -0.0266. The number of nitro benzene ring substituents is 1. The first-order chi connectivity index (χ1) is 10.0. The van der Waals surface area contributed by atoms with Gasteiger partial charge in [-0.2, -0.15) is 0 Å². The third-order valence-electron chi connectivity index (χ3n) is 4.21. The Balaban J connectivity index is 2.00. The number of benzene rings is 1. The molecular formula is C15H22FN3O2. The number of nitrogens with one attached hydrogen (secondary N) is 1. The van der Waals surface area contributed by atoms with Gasteiger partial charge in [-0.25, -0.2) is 4.39 Å². The Bertz CT molecular complexity index is 514. The zero-order valence-corrected chi connectivity index (χ0v) is 12.6. The van der Waals surface area contributed by atoms with Gasteiger partial charge in [-0.1, -0.05) is 6.92 Å². The number of likely N-dealkylation sites (tertiary alicyclic amines) is 1. The van der Waals surface area contributed by atoms with Crippen molar-refractivity contribution in [1.82, 2.24) is 4.90 Å². The standard InChI is InChI=1S/C15H22FN3O2/c1-3-18-6-4-12(5-7-18)10-17-14-8-11(2)13(16)9-15(14)19(20)21/h8-9,12,17H,3-7,10H2,1-2H3. The van der Waals surface area contributed by atoms with Crippen molar-refractivity contribution >= 4 is 11.4 Å². The van der Waals surface area contributed by atoms with E-state index in [0.717, 1.165) is 38.5 Å². The number of hydrogen-bond donors (Lipinski definition) is 1. The minimum Gasteiger partial charge on any atom is -0.379 e. The molecule has 0 atom stereocenters. The molecule has 0 radical (unpaired) electrons. The van der Waals surface area contributed by atoms with Gasteiger partial charge < -0.3 is 10.2 Å². The van der Waals surface area contributed by atoms with Gasteiger partial charge >= 0.3 is 0 Å². The SMILES string of the molecule is CCN1CCC(CNc2cc(C)c(F)cc2[N+](=O)[O-])CC1. The van der Waals surface area contributed by atoms with E-state index in [1.165, 1.54) is 6.07 Å². The Labute approximate surface area is 124 Å². The van der Waals surface area contributed by atoms with Gasteiger partial charge in [-0.3, -0.25) is 10.1 Å². The molecule has 1 aliphatic rings. The summed E-state index contributed by atoms with van der Waals surface area (Å²) in [5.41, 5.74) is 0.643. The van der Waals surface area contributed by atoms with Crippen LogP contribution in [0.25, 0.3) is 0 Å². The van der Waals surface area contributed by atoms with E-state index in [9.17, 15) is 14.5 Å². The molecule has 1 fully saturated rings. The Hall–Kier alpha value is -1.69. The highest BCUT2D eigenvalue weighted by Crippen LogP contribution is 2.28. The van der Waals surface area contributed by atoms with Crippen molar-refractivity contribution in [3.63, 3.8) is 0 Å². The van der Waals surface area contributed by atoms with Crippen LogP contribution in [0.2, 0.25) is 0 Å². The van der Waals surface area contributed by atoms with Crippen LogP contribution in [0.15, 0.2) is 12.1 Å². The van der Waals surface area contributed by atoms with Crippen LogP contribution in [0.3, 0.4) is 0 Å². The first-order valence-corrected chi connectivity index (χ1v) is 7.42. The number of halogens is 1. The van der Waals surface area contributed by atoms with Gasteiger partial charge in [0.05, 0.1) is 11.0 Å². The molecule has 0 amide bonds. The fraction of sp³-hybridized carbons (Fsp3) is 0.600. The highest BCUT2D eigenvalue weighted by Gasteiger charge is 2.21. The predicted molar refractivity (Wildman–Crippen MR) is 81.1 cm³/mol. The lowest BCUT2D eigenvalue weighted by atomic mass is 9.96. The Morgan fingerprint density at radius 1 is 1.43 bits per heavy atom. The fourth-order valence-electron chi connectivity index (χ4n) is 2.72. The third-order valence-corrected chi connectivity index (χ3v) is 4.21. The van der Waals surface area contributed by atoms with E-state index in [2.05, 4.69) is 17.1 Å². The Kier molecular flexibility index (Phi) is 5.12. The van der Waals surface area contributed by atoms with E-state index in [1.807, 2.05) is 0 Å². The number of nitrogens with zero attached hydrogens (tertiary/aromatic N) is 2. The van der Waals surface area contributed by atoms with Crippen LogP contribution in [-0.4, -0.2) is 36.0 Å². The molecule has 6 heteroatoms. The molecule has 21 heavy (non-hydrogen) atoms. The summed E-state index contributed by atoms with van der Waals surface area (Å²) < 4.78 is 13.5. The Morgan fingerprint density at radius 2 is 2.10 bits per heavy atom.